The SMILES string of the molecule is C[C@@H](N)c1ccc(N2CCC(CN3CCCC3)CC2)nc1. The quantitative estimate of drug-likeness (QED) is 0.924. The summed E-state index contributed by atoms with van der Waals surface area (Å²) in [6.45, 7) is 8.23. The standard InChI is InChI=1S/C17H28N4/c1-14(18)16-4-5-17(19-12-16)21-10-6-15(7-11-21)13-20-8-2-3-9-20/h4-5,12,14-15H,2-3,6-11,13,18H2,1H3/t14-/m1/s1. The molecule has 0 spiro atoms. The molecule has 1 aromatic rings. The normalized spacial score (nSPS) is 22.7. The zero-order valence-corrected chi connectivity index (χ0v) is 13.2. The second-order valence-electron chi connectivity index (χ2n) is 6.68. The van der Waals surface area contributed by atoms with E-state index in [1.54, 1.807) is 0 Å². The fourth-order valence-electron chi connectivity index (χ4n) is 3.53. The zero-order valence-electron chi connectivity index (χ0n) is 13.2. The highest BCUT2D eigenvalue weighted by Crippen LogP contribution is 2.24. The van der Waals surface area contributed by atoms with Gasteiger partial charge in [0.1, 0.15) is 5.82 Å². The molecule has 0 aliphatic carbocycles. The second kappa shape index (κ2) is 6.75. The molecule has 0 radical (unpaired) electrons. The van der Waals surface area contributed by atoms with Crippen LogP contribution in [0.15, 0.2) is 18.3 Å². The van der Waals surface area contributed by atoms with E-state index in [0.717, 1.165) is 30.4 Å². The van der Waals surface area contributed by atoms with Crippen molar-refractivity contribution < 1.29 is 0 Å². The Balaban J connectivity index is 1.50. The van der Waals surface area contributed by atoms with Gasteiger partial charge in [0, 0.05) is 31.9 Å². The number of aromatic nitrogens is 1. The molecule has 0 unspecified atom stereocenters. The fraction of sp³-hybridized carbons (Fsp3) is 0.706. The van der Waals surface area contributed by atoms with E-state index in [2.05, 4.69) is 26.9 Å². The highest BCUT2D eigenvalue weighted by atomic mass is 15.2. The summed E-state index contributed by atoms with van der Waals surface area (Å²) in [5.74, 6) is 1.99. The maximum absolute atomic E-state index is 5.88. The van der Waals surface area contributed by atoms with Crippen LogP contribution in [0.1, 0.15) is 44.2 Å². The first kappa shape index (κ1) is 14.8. The van der Waals surface area contributed by atoms with E-state index in [-0.39, 0.29) is 6.04 Å². The molecule has 2 aliphatic heterocycles. The van der Waals surface area contributed by atoms with E-state index < -0.39 is 0 Å². The third kappa shape index (κ3) is 3.74. The van der Waals surface area contributed by atoms with Crippen molar-refractivity contribution in [1.82, 2.24) is 9.88 Å². The predicted octanol–water partition coefficient (Wildman–Crippen LogP) is 2.41. The van der Waals surface area contributed by atoms with Gasteiger partial charge in [0.05, 0.1) is 0 Å². The molecule has 0 amide bonds. The van der Waals surface area contributed by atoms with Crippen molar-refractivity contribution in [3.63, 3.8) is 0 Å². The largest absolute Gasteiger partial charge is 0.357 e. The topological polar surface area (TPSA) is 45.4 Å². The molecular formula is C17H28N4. The Hall–Kier alpha value is -1.13. The lowest BCUT2D eigenvalue weighted by Gasteiger charge is -2.34. The predicted molar refractivity (Wildman–Crippen MR) is 87.5 cm³/mol. The third-order valence-electron chi connectivity index (χ3n) is 4.95. The number of piperidine rings is 1. The minimum atomic E-state index is 0.0674. The summed E-state index contributed by atoms with van der Waals surface area (Å²) in [5.41, 5.74) is 6.99. The Bertz CT molecular complexity index is 429. The number of hydrogen-bond donors (Lipinski definition) is 1. The van der Waals surface area contributed by atoms with Crippen LogP contribution in [0, 0.1) is 5.92 Å². The molecule has 2 aliphatic rings. The van der Waals surface area contributed by atoms with Crippen molar-refractivity contribution in [3.05, 3.63) is 23.9 Å². The Kier molecular flexibility index (Phi) is 4.76. The van der Waals surface area contributed by atoms with Gasteiger partial charge in [-0.3, -0.25) is 0 Å². The van der Waals surface area contributed by atoms with Gasteiger partial charge in [0.15, 0.2) is 0 Å². The first-order valence-electron chi connectivity index (χ1n) is 8.41. The molecule has 4 nitrogen and oxygen atoms in total. The van der Waals surface area contributed by atoms with Gasteiger partial charge in [0.25, 0.3) is 0 Å². The summed E-state index contributed by atoms with van der Waals surface area (Å²) in [6.07, 6.45) is 7.32. The number of likely N-dealkylation sites (tertiary alicyclic amines) is 1. The molecule has 2 saturated heterocycles. The monoisotopic (exact) mass is 288 g/mol. The van der Waals surface area contributed by atoms with Gasteiger partial charge in [-0.05, 0) is 63.2 Å². The lowest BCUT2D eigenvalue weighted by atomic mass is 9.96. The molecule has 3 heterocycles. The van der Waals surface area contributed by atoms with Gasteiger partial charge in [-0.15, -0.1) is 0 Å². The molecule has 4 heteroatoms. The zero-order chi connectivity index (χ0) is 14.7. The summed E-state index contributed by atoms with van der Waals surface area (Å²) in [6, 6.07) is 4.31. The van der Waals surface area contributed by atoms with Gasteiger partial charge < -0.3 is 15.5 Å². The highest BCUT2D eigenvalue weighted by Gasteiger charge is 2.23. The Labute approximate surface area is 128 Å². The molecule has 0 saturated carbocycles. The van der Waals surface area contributed by atoms with Crippen LogP contribution in [0.5, 0.6) is 0 Å². The maximum atomic E-state index is 5.88. The molecule has 1 atom stereocenters. The fourth-order valence-corrected chi connectivity index (χ4v) is 3.53. The number of nitrogens with two attached hydrogens (primary N) is 1. The summed E-state index contributed by atoms with van der Waals surface area (Å²) in [7, 11) is 0. The summed E-state index contributed by atoms with van der Waals surface area (Å²) >= 11 is 0. The molecular weight excluding hydrogens is 260 g/mol. The van der Waals surface area contributed by atoms with Crippen LogP contribution in [0.25, 0.3) is 0 Å². The Morgan fingerprint density at radius 1 is 1.19 bits per heavy atom. The summed E-state index contributed by atoms with van der Waals surface area (Å²) < 4.78 is 0. The maximum Gasteiger partial charge on any atom is 0.128 e. The van der Waals surface area contributed by atoms with E-state index in [1.165, 1.54) is 45.3 Å². The molecule has 116 valence electrons. The van der Waals surface area contributed by atoms with E-state index in [0.29, 0.717) is 0 Å². The molecule has 3 rings (SSSR count). The van der Waals surface area contributed by atoms with Crippen molar-refractivity contribution in [3.8, 4) is 0 Å². The molecule has 0 aromatic carbocycles. The highest BCUT2D eigenvalue weighted by molar-refractivity contribution is 5.40. The molecule has 2 fully saturated rings. The Morgan fingerprint density at radius 2 is 1.90 bits per heavy atom. The molecule has 21 heavy (non-hydrogen) atoms. The minimum absolute atomic E-state index is 0.0674. The Morgan fingerprint density at radius 3 is 2.48 bits per heavy atom. The van der Waals surface area contributed by atoms with Gasteiger partial charge in [-0.1, -0.05) is 6.07 Å². The number of pyridine rings is 1. The lowest BCUT2D eigenvalue weighted by Crippen LogP contribution is -2.38. The first-order chi connectivity index (χ1) is 10.2. The molecule has 0 bridgehead atoms. The van der Waals surface area contributed by atoms with Crippen LogP contribution < -0.4 is 10.6 Å². The first-order valence-corrected chi connectivity index (χ1v) is 8.41. The van der Waals surface area contributed by atoms with Crippen molar-refractivity contribution >= 4 is 5.82 Å². The average Bonchev–Trinajstić information content (AvgIpc) is 3.01. The van der Waals surface area contributed by atoms with Crippen LogP contribution in [-0.2, 0) is 0 Å². The van der Waals surface area contributed by atoms with Gasteiger partial charge in [-0.25, -0.2) is 4.98 Å². The number of nitrogens with zero attached hydrogens (tertiary/aromatic N) is 3. The average molecular weight is 288 g/mol. The van der Waals surface area contributed by atoms with E-state index in [4.69, 9.17) is 5.73 Å². The summed E-state index contributed by atoms with van der Waals surface area (Å²) in [4.78, 5) is 9.66. The smallest absolute Gasteiger partial charge is 0.128 e. The van der Waals surface area contributed by atoms with Crippen LogP contribution in [-0.4, -0.2) is 42.6 Å². The lowest BCUT2D eigenvalue weighted by molar-refractivity contribution is 0.249. The van der Waals surface area contributed by atoms with Crippen molar-refractivity contribution in [1.29, 1.82) is 0 Å². The summed E-state index contributed by atoms with van der Waals surface area (Å²) in [5, 5.41) is 0. The van der Waals surface area contributed by atoms with Crippen LogP contribution in [0.3, 0.4) is 0 Å². The van der Waals surface area contributed by atoms with Gasteiger partial charge >= 0.3 is 0 Å². The van der Waals surface area contributed by atoms with Gasteiger partial charge in [0.2, 0.25) is 0 Å². The minimum Gasteiger partial charge on any atom is -0.357 e. The molecule has 2 N–H and O–H groups in total. The van der Waals surface area contributed by atoms with Crippen LogP contribution >= 0.6 is 0 Å². The van der Waals surface area contributed by atoms with E-state index in [1.807, 2.05) is 13.1 Å². The second-order valence-corrected chi connectivity index (χ2v) is 6.68. The number of anilines is 1. The van der Waals surface area contributed by atoms with Crippen molar-refractivity contribution in [2.45, 2.75) is 38.6 Å². The van der Waals surface area contributed by atoms with Crippen molar-refractivity contribution in [2.75, 3.05) is 37.6 Å². The molecule has 1 aromatic heterocycles. The van der Waals surface area contributed by atoms with Crippen molar-refractivity contribution in [2.24, 2.45) is 11.7 Å². The number of hydrogen-bond acceptors (Lipinski definition) is 4. The van der Waals surface area contributed by atoms with Crippen LogP contribution in [0.2, 0.25) is 0 Å². The van der Waals surface area contributed by atoms with E-state index in [9.17, 15) is 0 Å². The number of rotatable bonds is 4. The van der Waals surface area contributed by atoms with Gasteiger partial charge in [-0.2, -0.15) is 0 Å². The van der Waals surface area contributed by atoms with E-state index >= 15 is 0 Å². The van der Waals surface area contributed by atoms with Crippen LogP contribution in [0.4, 0.5) is 5.82 Å². The third-order valence-corrected chi connectivity index (χ3v) is 4.95.